The molecular weight excluding hydrogens is 474 g/mol. The summed E-state index contributed by atoms with van der Waals surface area (Å²) in [5, 5.41) is 16.0. The zero-order valence-corrected chi connectivity index (χ0v) is 22.6. The van der Waals surface area contributed by atoms with Crippen molar-refractivity contribution >= 4 is 23.4 Å². The molecule has 7 atom stereocenters. The van der Waals surface area contributed by atoms with Crippen LogP contribution in [-0.4, -0.2) is 70.3 Å². The number of ether oxygens (including phenoxy) is 2. The summed E-state index contributed by atoms with van der Waals surface area (Å²) >= 11 is 0. The van der Waals surface area contributed by atoms with Crippen molar-refractivity contribution in [3.63, 3.8) is 0 Å². The Morgan fingerprint density at radius 3 is 2.46 bits per heavy atom. The standard InChI is InChI=1S/C28H41N3O6/c1-6-9-17(4)29-25(34)23-28-15-14-27(7-2,37-28)21(22(28)26(35)31(23)18(5)16-32)24(33)30-19-10-12-20(13-11-19)36-8-3/h10-13,17-18,21-23,32H,6-9,14-16H2,1-5H3,(H,29,34)(H,30,33)/t17?,18-,21+,22+,23?,27-,28?/m1/s1. The molecule has 3 N–H and O–H groups in total. The van der Waals surface area contributed by atoms with E-state index in [9.17, 15) is 19.5 Å². The second-order valence-electron chi connectivity index (χ2n) is 10.8. The minimum Gasteiger partial charge on any atom is -0.494 e. The van der Waals surface area contributed by atoms with Gasteiger partial charge >= 0.3 is 0 Å². The molecule has 9 nitrogen and oxygen atoms in total. The molecule has 3 heterocycles. The van der Waals surface area contributed by atoms with Gasteiger partial charge in [0, 0.05) is 11.7 Å². The average Bonchev–Trinajstić information content (AvgIpc) is 3.48. The zero-order valence-electron chi connectivity index (χ0n) is 22.6. The minimum atomic E-state index is -1.10. The molecule has 9 heteroatoms. The Bertz CT molecular complexity index is 1020. The molecule has 3 aliphatic rings. The van der Waals surface area contributed by atoms with Gasteiger partial charge in [0.2, 0.25) is 17.7 Å². The number of hydrogen-bond donors (Lipinski definition) is 3. The van der Waals surface area contributed by atoms with Crippen LogP contribution < -0.4 is 15.4 Å². The Labute approximate surface area is 219 Å². The van der Waals surface area contributed by atoms with E-state index in [2.05, 4.69) is 17.6 Å². The number of rotatable bonds is 11. The number of fused-ring (bicyclic) bond motifs is 1. The van der Waals surface area contributed by atoms with Crippen LogP contribution in [0.1, 0.15) is 66.7 Å². The van der Waals surface area contributed by atoms with Crippen molar-refractivity contribution in [1.82, 2.24) is 10.2 Å². The second-order valence-corrected chi connectivity index (χ2v) is 10.8. The van der Waals surface area contributed by atoms with Gasteiger partial charge in [-0.05, 0) is 70.7 Å². The first-order chi connectivity index (χ1) is 17.7. The van der Waals surface area contributed by atoms with Gasteiger partial charge in [-0.15, -0.1) is 0 Å². The third-order valence-electron chi connectivity index (χ3n) is 8.43. The van der Waals surface area contributed by atoms with Gasteiger partial charge < -0.3 is 30.1 Å². The number of nitrogens with zero attached hydrogens (tertiary/aromatic N) is 1. The van der Waals surface area contributed by atoms with E-state index in [0.717, 1.165) is 12.8 Å². The highest BCUT2D eigenvalue weighted by atomic mass is 16.5. The highest BCUT2D eigenvalue weighted by Gasteiger charge is 2.79. The van der Waals surface area contributed by atoms with E-state index in [0.29, 0.717) is 37.3 Å². The molecule has 2 bridgehead atoms. The van der Waals surface area contributed by atoms with Crippen LogP contribution in [-0.2, 0) is 19.1 Å². The lowest BCUT2D eigenvalue weighted by Crippen LogP contribution is -2.58. The van der Waals surface area contributed by atoms with Crippen molar-refractivity contribution in [2.45, 2.75) is 96.1 Å². The molecular formula is C28H41N3O6. The lowest BCUT2D eigenvalue weighted by Gasteiger charge is -2.36. The molecule has 0 aliphatic carbocycles. The summed E-state index contributed by atoms with van der Waals surface area (Å²) in [6.07, 6.45) is 3.38. The fourth-order valence-electron chi connectivity index (χ4n) is 6.76. The summed E-state index contributed by atoms with van der Waals surface area (Å²) in [4.78, 5) is 43.0. The quantitative estimate of drug-likeness (QED) is 0.417. The number of likely N-dealkylation sites (tertiary alicyclic amines) is 1. The van der Waals surface area contributed by atoms with Crippen molar-refractivity contribution in [2.75, 3.05) is 18.5 Å². The van der Waals surface area contributed by atoms with Gasteiger partial charge in [-0.25, -0.2) is 0 Å². The van der Waals surface area contributed by atoms with E-state index in [4.69, 9.17) is 9.47 Å². The molecule has 37 heavy (non-hydrogen) atoms. The van der Waals surface area contributed by atoms with Crippen LogP contribution in [0.4, 0.5) is 5.69 Å². The van der Waals surface area contributed by atoms with Crippen molar-refractivity contribution in [3.05, 3.63) is 24.3 Å². The first-order valence-electron chi connectivity index (χ1n) is 13.6. The number of aliphatic hydroxyl groups excluding tert-OH is 1. The van der Waals surface area contributed by atoms with Gasteiger partial charge in [0.15, 0.2) is 0 Å². The summed E-state index contributed by atoms with van der Waals surface area (Å²) in [5.74, 6) is -1.70. The Kier molecular flexibility index (Phi) is 7.85. The molecule has 0 aromatic heterocycles. The van der Waals surface area contributed by atoms with Crippen LogP contribution in [0.15, 0.2) is 24.3 Å². The molecule has 3 fully saturated rings. The number of carbonyl (C=O) groups is 3. The number of hydrogen-bond acceptors (Lipinski definition) is 6. The highest BCUT2D eigenvalue weighted by Crippen LogP contribution is 2.64. The normalized spacial score (nSPS) is 31.7. The summed E-state index contributed by atoms with van der Waals surface area (Å²) in [6, 6.07) is 5.57. The fraction of sp³-hybridized carbons (Fsp3) is 0.679. The van der Waals surface area contributed by atoms with Gasteiger partial charge in [0.25, 0.3) is 0 Å². The summed E-state index contributed by atoms with van der Waals surface area (Å²) in [6.45, 7) is 9.85. The number of nitrogens with one attached hydrogen (secondary N) is 2. The molecule has 1 aromatic rings. The van der Waals surface area contributed by atoms with E-state index >= 15 is 0 Å². The highest BCUT2D eigenvalue weighted by molar-refractivity contribution is 6.02. The lowest BCUT2D eigenvalue weighted by atomic mass is 9.65. The molecule has 0 radical (unpaired) electrons. The Hall–Kier alpha value is -2.65. The van der Waals surface area contributed by atoms with E-state index in [1.807, 2.05) is 20.8 Å². The maximum atomic E-state index is 14.0. The topological polar surface area (TPSA) is 117 Å². The van der Waals surface area contributed by atoms with Gasteiger partial charge in [-0.3, -0.25) is 14.4 Å². The SMILES string of the molecule is CCCC(C)NC(=O)C1N([C@H](C)CO)C(=O)[C@@H]2[C@@H](C(=O)Nc3ccc(OCC)cc3)[C@@]3(CC)CCC12O3. The Morgan fingerprint density at radius 1 is 1.16 bits per heavy atom. The molecule has 1 aromatic carbocycles. The van der Waals surface area contributed by atoms with E-state index in [1.165, 1.54) is 4.90 Å². The number of anilines is 1. The second kappa shape index (κ2) is 10.6. The predicted molar refractivity (Wildman–Crippen MR) is 139 cm³/mol. The Morgan fingerprint density at radius 2 is 1.86 bits per heavy atom. The molecule has 3 saturated heterocycles. The minimum absolute atomic E-state index is 0.0631. The number of carbonyl (C=O) groups excluding carboxylic acids is 3. The van der Waals surface area contributed by atoms with Gasteiger partial charge in [0.1, 0.15) is 17.4 Å². The van der Waals surface area contributed by atoms with Crippen LogP contribution in [0.2, 0.25) is 0 Å². The largest absolute Gasteiger partial charge is 0.494 e. The van der Waals surface area contributed by atoms with E-state index in [1.54, 1.807) is 31.2 Å². The summed E-state index contributed by atoms with van der Waals surface area (Å²) in [7, 11) is 0. The average molecular weight is 516 g/mol. The molecule has 1 spiro atoms. The predicted octanol–water partition coefficient (Wildman–Crippen LogP) is 2.86. The third kappa shape index (κ3) is 4.50. The smallest absolute Gasteiger partial charge is 0.246 e. The molecule has 4 rings (SSSR count). The van der Waals surface area contributed by atoms with Crippen molar-refractivity contribution in [1.29, 1.82) is 0 Å². The Balaban J connectivity index is 1.68. The maximum Gasteiger partial charge on any atom is 0.246 e. The zero-order chi connectivity index (χ0) is 27.0. The van der Waals surface area contributed by atoms with Gasteiger partial charge in [-0.2, -0.15) is 0 Å². The van der Waals surface area contributed by atoms with Gasteiger partial charge in [0.05, 0.1) is 36.7 Å². The van der Waals surface area contributed by atoms with E-state index in [-0.39, 0.29) is 30.4 Å². The van der Waals surface area contributed by atoms with E-state index < -0.39 is 35.1 Å². The molecule has 0 saturated carbocycles. The first kappa shape index (κ1) is 27.4. The molecule has 3 aliphatic heterocycles. The number of aliphatic hydroxyl groups is 1. The maximum absolute atomic E-state index is 14.0. The van der Waals surface area contributed by atoms with Crippen LogP contribution in [0.5, 0.6) is 5.75 Å². The first-order valence-corrected chi connectivity index (χ1v) is 13.6. The van der Waals surface area contributed by atoms with Crippen LogP contribution >= 0.6 is 0 Å². The van der Waals surface area contributed by atoms with Gasteiger partial charge in [-0.1, -0.05) is 20.3 Å². The third-order valence-corrected chi connectivity index (χ3v) is 8.43. The van der Waals surface area contributed by atoms with Crippen LogP contribution in [0.25, 0.3) is 0 Å². The van der Waals surface area contributed by atoms with Crippen molar-refractivity contribution in [3.8, 4) is 5.75 Å². The van der Waals surface area contributed by atoms with Crippen molar-refractivity contribution in [2.24, 2.45) is 11.8 Å². The molecule has 204 valence electrons. The molecule has 3 unspecified atom stereocenters. The molecule has 3 amide bonds. The summed E-state index contributed by atoms with van der Waals surface area (Å²) < 4.78 is 12.2. The number of benzene rings is 1. The fourth-order valence-corrected chi connectivity index (χ4v) is 6.76. The van der Waals surface area contributed by atoms with Crippen LogP contribution in [0.3, 0.4) is 0 Å². The lowest BCUT2D eigenvalue weighted by molar-refractivity contribution is -0.149. The monoisotopic (exact) mass is 515 g/mol. The van der Waals surface area contributed by atoms with Crippen LogP contribution in [0, 0.1) is 11.8 Å². The summed E-state index contributed by atoms with van der Waals surface area (Å²) in [5.41, 5.74) is -1.32. The van der Waals surface area contributed by atoms with Crippen molar-refractivity contribution < 1.29 is 29.0 Å². The number of amides is 3.